The molecule has 0 spiro atoms. The van der Waals surface area contributed by atoms with Crippen molar-refractivity contribution >= 4 is 50.1 Å². The van der Waals surface area contributed by atoms with E-state index in [0.29, 0.717) is 16.6 Å². The van der Waals surface area contributed by atoms with Crippen molar-refractivity contribution in [2.75, 3.05) is 0 Å². The maximum atomic E-state index is 11.5. The molecule has 0 aliphatic rings. The predicted octanol–water partition coefficient (Wildman–Crippen LogP) is 6.40. The number of nitrogens with zero attached hydrogens (tertiary/aromatic N) is 3. The summed E-state index contributed by atoms with van der Waals surface area (Å²) in [6.45, 7) is 6.32. The normalized spacial score (nSPS) is 10.4. The Morgan fingerprint density at radius 2 is 0.698 bits per heavy atom. The van der Waals surface area contributed by atoms with Crippen LogP contribution in [0.4, 0.5) is 0 Å². The summed E-state index contributed by atoms with van der Waals surface area (Å²) in [6.07, 6.45) is 5.97. The smallest absolute Gasteiger partial charge is 0.871 e. The number of benzene rings is 3. The van der Waals surface area contributed by atoms with Gasteiger partial charge in [-0.05, 0) is 53.6 Å². The van der Waals surface area contributed by atoms with Crippen LogP contribution in [0.15, 0.2) is 91.0 Å². The fraction of sp³-hybridized carbons (Fsp3) is 0.250. The summed E-state index contributed by atoms with van der Waals surface area (Å²) in [5.41, 5.74) is 4.80. The molecule has 0 saturated carbocycles. The van der Waals surface area contributed by atoms with E-state index in [0.717, 1.165) is 71.8 Å². The van der Waals surface area contributed by atoms with Gasteiger partial charge in [-0.3, -0.25) is 15.0 Å². The Bertz CT molecular complexity index is 1570. The van der Waals surface area contributed by atoms with Crippen molar-refractivity contribution in [2.45, 2.75) is 59.3 Å². The van der Waals surface area contributed by atoms with Crippen molar-refractivity contribution in [1.82, 2.24) is 15.0 Å². The minimum Gasteiger partial charge on any atom is -0.871 e. The van der Waals surface area contributed by atoms with E-state index in [4.69, 9.17) is 0 Å². The zero-order valence-electron chi connectivity index (χ0n) is 25.0. The van der Waals surface area contributed by atoms with Gasteiger partial charge in [0.1, 0.15) is 0 Å². The summed E-state index contributed by atoms with van der Waals surface area (Å²) in [6, 6.07) is 27.6. The molecule has 0 aliphatic heterocycles. The van der Waals surface area contributed by atoms with Crippen molar-refractivity contribution in [2.24, 2.45) is 0 Å². The Labute approximate surface area is 264 Å². The Balaban J connectivity index is 0.000000175. The van der Waals surface area contributed by atoms with Crippen molar-refractivity contribution in [1.29, 1.82) is 0 Å². The monoisotopic (exact) mass is 585 g/mol. The number of aryl methyl sites for hydroxylation is 3. The molecule has 0 aliphatic carbocycles. The fourth-order valence-electron chi connectivity index (χ4n) is 4.67. The molecular formula is C36H36AlN3O3. The van der Waals surface area contributed by atoms with Crippen LogP contribution < -0.4 is 15.3 Å². The molecule has 0 unspecified atom stereocenters. The topological polar surface area (TPSA) is 108 Å². The minimum atomic E-state index is 0. The Morgan fingerprint density at radius 1 is 0.419 bits per heavy atom. The van der Waals surface area contributed by atoms with Gasteiger partial charge in [-0.2, -0.15) is 0 Å². The molecule has 0 fully saturated rings. The van der Waals surface area contributed by atoms with E-state index in [2.05, 4.69) is 35.7 Å². The molecule has 7 heteroatoms. The van der Waals surface area contributed by atoms with E-state index in [-0.39, 0.29) is 34.6 Å². The number of para-hydroxylation sites is 3. The van der Waals surface area contributed by atoms with Gasteiger partial charge in [0.05, 0.1) is 16.6 Å². The van der Waals surface area contributed by atoms with E-state index in [1.165, 1.54) is 0 Å². The molecule has 0 radical (unpaired) electrons. The average molecular weight is 586 g/mol. The molecule has 0 atom stereocenters. The van der Waals surface area contributed by atoms with Gasteiger partial charge in [0, 0.05) is 17.1 Å². The van der Waals surface area contributed by atoms with Crippen LogP contribution >= 0.6 is 0 Å². The molecule has 0 N–H and O–H groups in total. The summed E-state index contributed by atoms with van der Waals surface area (Å²) in [4.78, 5) is 13.1. The number of rotatable bonds is 6. The summed E-state index contributed by atoms with van der Waals surface area (Å²) >= 11 is 0. The van der Waals surface area contributed by atoms with E-state index in [1.807, 2.05) is 54.6 Å². The maximum Gasteiger partial charge on any atom is 3.00 e. The number of hydrogen-bond acceptors (Lipinski definition) is 6. The Hall–Kier alpha value is -4.18. The van der Waals surface area contributed by atoms with Crippen molar-refractivity contribution in [3.05, 3.63) is 108 Å². The summed E-state index contributed by atoms with van der Waals surface area (Å²) < 4.78 is 0. The van der Waals surface area contributed by atoms with Gasteiger partial charge < -0.3 is 15.3 Å². The summed E-state index contributed by atoms with van der Waals surface area (Å²) in [5.74, 6) is 0.0429. The first-order valence-corrected chi connectivity index (χ1v) is 14.6. The first kappa shape index (κ1) is 33.3. The van der Waals surface area contributed by atoms with E-state index in [1.54, 1.807) is 36.4 Å². The molecule has 3 aromatic carbocycles. The minimum absolute atomic E-state index is 0. The van der Waals surface area contributed by atoms with Crippen LogP contribution in [0.25, 0.3) is 32.7 Å². The molecule has 3 aromatic heterocycles. The number of pyridine rings is 3. The van der Waals surface area contributed by atoms with Gasteiger partial charge in [0.15, 0.2) is 0 Å². The van der Waals surface area contributed by atoms with Gasteiger partial charge >= 0.3 is 17.4 Å². The molecular weight excluding hydrogens is 549 g/mol. The SMILES string of the molecule is CCCc1ccc2cccc([O-])c2n1.CCCc1ccc2cccc([O-])c2n1.CCCc1ccc2cccc([O-])c2n1.[Al+3]. The molecule has 3 heterocycles. The van der Waals surface area contributed by atoms with Crippen LogP contribution in [0, 0.1) is 0 Å². The number of hydrogen-bond donors (Lipinski definition) is 0. The third-order valence-corrected chi connectivity index (χ3v) is 6.74. The van der Waals surface area contributed by atoms with Crippen LogP contribution in [-0.2, 0) is 19.3 Å². The van der Waals surface area contributed by atoms with Gasteiger partial charge in [-0.25, -0.2) is 0 Å². The quantitative estimate of drug-likeness (QED) is 0.209. The molecule has 43 heavy (non-hydrogen) atoms. The average Bonchev–Trinajstić information content (AvgIpc) is 3.00. The van der Waals surface area contributed by atoms with Gasteiger partial charge in [0.25, 0.3) is 0 Å². The van der Waals surface area contributed by atoms with E-state index < -0.39 is 0 Å². The standard InChI is InChI=1S/3C12H13NO.Al/c3*1-2-4-10-8-7-9-5-3-6-11(14)12(9)13-10;/h3*3,5-8,14H,2,4H2,1H3;/q;;;+3/p-3. The van der Waals surface area contributed by atoms with Crippen molar-refractivity contribution < 1.29 is 15.3 Å². The molecule has 216 valence electrons. The van der Waals surface area contributed by atoms with Crippen molar-refractivity contribution in [3.8, 4) is 17.2 Å². The maximum absolute atomic E-state index is 11.5. The molecule has 0 saturated heterocycles. The number of aromatic nitrogens is 3. The molecule has 6 rings (SSSR count). The zero-order chi connectivity index (χ0) is 29.9. The third-order valence-electron chi connectivity index (χ3n) is 6.74. The second-order valence-corrected chi connectivity index (χ2v) is 10.1. The van der Waals surface area contributed by atoms with Crippen LogP contribution in [-0.4, -0.2) is 32.3 Å². The zero-order valence-corrected chi connectivity index (χ0v) is 26.2. The second kappa shape index (κ2) is 16.5. The molecule has 6 nitrogen and oxygen atoms in total. The van der Waals surface area contributed by atoms with Gasteiger partial charge in [-0.15, -0.1) is 0 Å². The van der Waals surface area contributed by atoms with Crippen molar-refractivity contribution in [3.63, 3.8) is 0 Å². The predicted molar refractivity (Wildman–Crippen MR) is 171 cm³/mol. The van der Waals surface area contributed by atoms with Gasteiger partial charge in [-0.1, -0.05) is 130 Å². The third kappa shape index (κ3) is 8.91. The molecule has 6 aromatic rings. The number of fused-ring (bicyclic) bond motifs is 3. The van der Waals surface area contributed by atoms with Gasteiger partial charge in [0.2, 0.25) is 0 Å². The van der Waals surface area contributed by atoms with E-state index in [9.17, 15) is 15.3 Å². The first-order valence-electron chi connectivity index (χ1n) is 14.6. The Kier molecular flexibility index (Phi) is 12.8. The first-order chi connectivity index (χ1) is 20.4. The Morgan fingerprint density at radius 3 is 0.953 bits per heavy atom. The van der Waals surface area contributed by atoms with Crippen LogP contribution in [0.3, 0.4) is 0 Å². The van der Waals surface area contributed by atoms with E-state index >= 15 is 0 Å². The fourth-order valence-corrected chi connectivity index (χ4v) is 4.67. The summed E-state index contributed by atoms with van der Waals surface area (Å²) in [5, 5.41) is 37.2. The second-order valence-electron chi connectivity index (χ2n) is 10.1. The molecule has 0 amide bonds. The summed E-state index contributed by atoms with van der Waals surface area (Å²) in [7, 11) is 0. The van der Waals surface area contributed by atoms with Crippen LogP contribution in [0.1, 0.15) is 57.1 Å². The largest absolute Gasteiger partial charge is 3.00 e. The van der Waals surface area contributed by atoms with Crippen LogP contribution in [0.5, 0.6) is 17.2 Å². The molecule has 0 bridgehead atoms. The van der Waals surface area contributed by atoms with Crippen LogP contribution in [0.2, 0.25) is 0 Å².